The van der Waals surface area contributed by atoms with Crippen LogP contribution in [0.15, 0.2) is 231 Å². The SMILES string of the molecule is c1ccc(N(c2ccc(-c3ccc4c(c3)c3c5c(ccc3n4-c3ccccc3)C3(c4ccccc4-c4ccccc43)c3ccccc3-5)cc2)c2ccc3ccccc3c2)cc1. The molecule has 2 aliphatic carbocycles. The third-order valence-electron chi connectivity index (χ3n) is 13.4. The maximum Gasteiger partial charge on any atom is 0.0725 e. The maximum atomic E-state index is 2.46. The first-order valence-electron chi connectivity index (χ1n) is 21.2. The zero-order chi connectivity index (χ0) is 40.1. The van der Waals surface area contributed by atoms with Gasteiger partial charge in [-0.3, -0.25) is 0 Å². The normalized spacial score (nSPS) is 13.0. The highest BCUT2D eigenvalue weighted by Crippen LogP contribution is 2.64. The number of rotatable bonds is 5. The van der Waals surface area contributed by atoms with Crippen molar-refractivity contribution in [1.29, 1.82) is 0 Å². The molecule has 10 aromatic carbocycles. The highest BCUT2D eigenvalue weighted by Gasteiger charge is 2.52. The van der Waals surface area contributed by atoms with E-state index in [0.717, 1.165) is 22.7 Å². The second-order valence-corrected chi connectivity index (χ2v) is 16.4. The van der Waals surface area contributed by atoms with Crippen LogP contribution in [0.4, 0.5) is 17.1 Å². The molecule has 1 spiro atoms. The van der Waals surface area contributed by atoms with E-state index in [0.29, 0.717) is 0 Å². The first-order chi connectivity index (χ1) is 30.3. The topological polar surface area (TPSA) is 8.17 Å². The zero-order valence-corrected chi connectivity index (χ0v) is 33.3. The number of anilines is 3. The van der Waals surface area contributed by atoms with E-state index in [1.807, 2.05) is 0 Å². The summed E-state index contributed by atoms with van der Waals surface area (Å²) in [7, 11) is 0. The van der Waals surface area contributed by atoms with Crippen LogP contribution in [0.2, 0.25) is 0 Å². The first kappa shape index (κ1) is 34.0. The average Bonchev–Trinajstić information content (AvgIpc) is 3.94. The molecule has 0 saturated heterocycles. The molecule has 2 nitrogen and oxygen atoms in total. The third kappa shape index (κ3) is 4.79. The minimum absolute atomic E-state index is 0.405. The van der Waals surface area contributed by atoms with Crippen molar-refractivity contribution >= 4 is 49.6 Å². The van der Waals surface area contributed by atoms with Crippen LogP contribution in [0.3, 0.4) is 0 Å². The van der Waals surface area contributed by atoms with Crippen molar-refractivity contribution < 1.29 is 0 Å². The first-order valence-corrected chi connectivity index (χ1v) is 21.2. The number of hydrogen-bond acceptors (Lipinski definition) is 1. The molecule has 284 valence electrons. The monoisotopic (exact) mass is 774 g/mol. The lowest BCUT2D eigenvalue weighted by Crippen LogP contribution is -2.25. The summed E-state index contributed by atoms with van der Waals surface area (Å²) in [6, 6.07) is 85.1. The Morgan fingerprint density at radius 3 is 1.61 bits per heavy atom. The van der Waals surface area contributed by atoms with Crippen molar-refractivity contribution in [3.63, 3.8) is 0 Å². The second kappa shape index (κ2) is 13.0. The summed E-state index contributed by atoms with van der Waals surface area (Å²) in [6.45, 7) is 0. The lowest BCUT2D eigenvalue weighted by Gasteiger charge is -2.30. The fourth-order valence-corrected chi connectivity index (χ4v) is 10.9. The molecular weight excluding hydrogens is 737 g/mol. The molecule has 0 bridgehead atoms. The summed E-state index contributed by atoms with van der Waals surface area (Å²) in [5.41, 5.74) is 19.7. The number of para-hydroxylation sites is 2. The molecule has 0 saturated carbocycles. The van der Waals surface area contributed by atoms with Crippen molar-refractivity contribution in [3.05, 3.63) is 253 Å². The van der Waals surface area contributed by atoms with E-state index >= 15 is 0 Å². The van der Waals surface area contributed by atoms with Crippen molar-refractivity contribution in [2.24, 2.45) is 0 Å². The Hall–Kier alpha value is -7.94. The Kier molecular flexibility index (Phi) is 7.26. The van der Waals surface area contributed by atoms with E-state index in [1.165, 1.54) is 88.2 Å². The average molecular weight is 775 g/mol. The summed E-state index contributed by atoms with van der Waals surface area (Å²) in [6.07, 6.45) is 0. The molecule has 0 fully saturated rings. The predicted octanol–water partition coefficient (Wildman–Crippen LogP) is 15.4. The van der Waals surface area contributed by atoms with E-state index < -0.39 is 5.41 Å². The molecule has 0 aliphatic heterocycles. The van der Waals surface area contributed by atoms with Crippen molar-refractivity contribution in [2.75, 3.05) is 4.90 Å². The molecule has 0 unspecified atom stereocenters. The van der Waals surface area contributed by atoms with Crippen molar-refractivity contribution in [1.82, 2.24) is 4.57 Å². The van der Waals surface area contributed by atoms with Crippen LogP contribution < -0.4 is 4.90 Å². The number of hydrogen-bond donors (Lipinski definition) is 0. The van der Waals surface area contributed by atoms with E-state index in [-0.39, 0.29) is 0 Å². The fraction of sp³-hybridized carbons (Fsp3) is 0.0169. The van der Waals surface area contributed by atoms with Gasteiger partial charge in [0.2, 0.25) is 0 Å². The van der Waals surface area contributed by atoms with Crippen LogP contribution in [0, 0.1) is 0 Å². The molecule has 2 aliphatic rings. The Bertz CT molecular complexity index is 3480. The predicted molar refractivity (Wildman–Crippen MR) is 255 cm³/mol. The summed E-state index contributed by atoms with van der Waals surface area (Å²) in [5.74, 6) is 0. The van der Waals surface area contributed by atoms with Crippen molar-refractivity contribution in [3.8, 4) is 39.1 Å². The number of benzene rings is 10. The Morgan fingerprint density at radius 1 is 0.344 bits per heavy atom. The lowest BCUT2D eigenvalue weighted by molar-refractivity contribution is 0.794. The van der Waals surface area contributed by atoms with Gasteiger partial charge in [-0.1, -0.05) is 164 Å². The fourth-order valence-electron chi connectivity index (χ4n) is 10.9. The Labute approximate surface area is 354 Å². The van der Waals surface area contributed by atoms with Gasteiger partial charge in [0, 0.05) is 33.5 Å². The molecule has 2 heteroatoms. The van der Waals surface area contributed by atoms with Crippen LogP contribution in [-0.4, -0.2) is 4.57 Å². The molecule has 1 aromatic heterocycles. The minimum atomic E-state index is -0.405. The summed E-state index contributed by atoms with van der Waals surface area (Å²) < 4.78 is 2.46. The third-order valence-corrected chi connectivity index (χ3v) is 13.4. The summed E-state index contributed by atoms with van der Waals surface area (Å²) in [4.78, 5) is 2.35. The van der Waals surface area contributed by atoms with Gasteiger partial charge in [0.05, 0.1) is 16.4 Å². The number of aromatic nitrogens is 1. The molecule has 0 N–H and O–H groups in total. The highest BCUT2D eigenvalue weighted by atomic mass is 15.1. The maximum absolute atomic E-state index is 2.46. The standard InChI is InChI=1S/C59H38N2/c1-3-17-43(18-4-1)60(46-33-29-39-15-7-8-16-41(39)37-46)45-31-27-40(28-32-45)42-30-35-55-50(38-42)58-56(61(55)44-19-5-2-6-20-44)36-34-54-57(58)49-23-11-14-26-53(49)59(54)51-24-12-9-21-47(51)48-22-10-13-25-52(48)59/h1-38H. The summed E-state index contributed by atoms with van der Waals surface area (Å²) in [5, 5.41) is 5.01. The van der Waals surface area contributed by atoms with Gasteiger partial charge in [-0.2, -0.15) is 0 Å². The van der Waals surface area contributed by atoms with E-state index in [1.54, 1.807) is 0 Å². The van der Waals surface area contributed by atoms with Gasteiger partial charge in [0.25, 0.3) is 0 Å². The second-order valence-electron chi connectivity index (χ2n) is 16.4. The molecule has 1 heterocycles. The van der Waals surface area contributed by atoms with Crippen LogP contribution in [-0.2, 0) is 5.41 Å². The van der Waals surface area contributed by atoms with Gasteiger partial charge in [-0.05, 0) is 133 Å². The molecular formula is C59H38N2. The molecule has 0 atom stereocenters. The van der Waals surface area contributed by atoms with Crippen LogP contribution in [0.5, 0.6) is 0 Å². The Morgan fingerprint density at radius 2 is 0.885 bits per heavy atom. The largest absolute Gasteiger partial charge is 0.310 e. The van der Waals surface area contributed by atoms with Gasteiger partial charge < -0.3 is 9.47 Å². The molecule has 61 heavy (non-hydrogen) atoms. The van der Waals surface area contributed by atoms with E-state index in [4.69, 9.17) is 0 Å². The van der Waals surface area contributed by atoms with E-state index in [2.05, 4.69) is 240 Å². The van der Waals surface area contributed by atoms with Gasteiger partial charge >= 0.3 is 0 Å². The number of fused-ring (bicyclic) bond motifs is 15. The van der Waals surface area contributed by atoms with Crippen LogP contribution in [0.1, 0.15) is 22.3 Å². The van der Waals surface area contributed by atoms with Crippen LogP contribution in [0.25, 0.3) is 71.6 Å². The lowest BCUT2D eigenvalue weighted by atomic mass is 9.70. The van der Waals surface area contributed by atoms with Gasteiger partial charge in [0.15, 0.2) is 0 Å². The summed E-state index contributed by atoms with van der Waals surface area (Å²) >= 11 is 0. The smallest absolute Gasteiger partial charge is 0.0725 e. The minimum Gasteiger partial charge on any atom is -0.310 e. The quantitative estimate of drug-likeness (QED) is 0.169. The molecule has 0 amide bonds. The zero-order valence-electron chi connectivity index (χ0n) is 33.3. The van der Waals surface area contributed by atoms with E-state index in [9.17, 15) is 0 Å². The highest BCUT2D eigenvalue weighted by molar-refractivity contribution is 6.19. The number of nitrogens with zero attached hydrogens (tertiary/aromatic N) is 2. The van der Waals surface area contributed by atoms with Gasteiger partial charge in [-0.15, -0.1) is 0 Å². The van der Waals surface area contributed by atoms with Gasteiger partial charge in [0.1, 0.15) is 0 Å². The molecule has 0 radical (unpaired) electrons. The Balaban J connectivity index is 1.03. The molecule has 11 aromatic rings. The van der Waals surface area contributed by atoms with Crippen molar-refractivity contribution in [2.45, 2.75) is 5.41 Å². The van der Waals surface area contributed by atoms with Crippen LogP contribution >= 0.6 is 0 Å². The molecule has 13 rings (SSSR count). The van der Waals surface area contributed by atoms with Gasteiger partial charge in [-0.25, -0.2) is 0 Å².